The van der Waals surface area contributed by atoms with Crippen LogP contribution in [0.1, 0.15) is 52.9 Å². The number of nitrogens with one attached hydrogen (secondary N) is 2. The lowest BCUT2D eigenvalue weighted by Gasteiger charge is -2.41. The molecule has 0 spiro atoms. The molecule has 0 saturated carbocycles. The van der Waals surface area contributed by atoms with E-state index in [4.69, 9.17) is 0 Å². The molecule has 5 nitrogen and oxygen atoms in total. The molecule has 2 aliphatic rings. The Labute approximate surface area is 149 Å². The van der Waals surface area contributed by atoms with Gasteiger partial charge in [0.1, 0.15) is 0 Å². The van der Waals surface area contributed by atoms with Crippen LogP contribution in [0.5, 0.6) is 0 Å². The van der Waals surface area contributed by atoms with Crippen molar-refractivity contribution in [2.24, 2.45) is 10.9 Å². The molecule has 0 aromatic rings. The molecule has 2 rings (SSSR count). The van der Waals surface area contributed by atoms with Gasteiger partial charge in [0, 0.05) is 32.2 Å². The van der Waals surface area contributed by atoms with Crippen molar-refractivity contribution in [3.05, 3.63) is 0 Å². The Balaban J connectivity index is 1.70. The number of rotatable bonds is 7. The van der Waals surface area contributed by atoms with Gasteiger partial charge in [-0.3, -0.25) is 9.89 Å². The van der Waals surface area contributed by atoms with Gasteiger partial charge in [-0.25, -0.2) is 0 Å². The van der Waals surface area contributed by atoms with Crippen molar-refractivity contribution in [3.63, 3.8) is 0 Å². The Bertz CT molecular complexity index is 387. The largest absolute Gasteiger partial charge is 0.356 e. The predicted molar refractivity (Wildman–Crippen MR) is 104 cm³/mol. The number of piperidine rings is 1. The molecule has 24 heavy (non-hydrogen) atoms. The van der Waals surface area contributed by atoms with Gasteiger partial charge in [0.05, 0.1) is 0 Å². The zero-order chi connectivity index (χ0) is 17.4. The number of nitrogens with zero attached hydrogens (tertiary/aromatic N) is 3. The van der Waals surface area contributed by atoms with Crippen molar-refractivity contribution in [3.8, 4) is 0 Å². The minimum absolute atomic E-state index is 0.184. The molecule has 0 aromatic carbocycles. The van der Waals surface area contributed by atoms with Gasteiger partial charge in [0.15, 0.2) is 5.96 Å². The summed E-state index contributed by atoms with van der Waals surface area (Å²) in [6.07, 6.45) is 6.64. The first-order chi connectivity index (χ1) is 11.5. The summed E-state index contributed by atoms with van der Waals surface area (Å²) in [4.78, 5) is 9.62. The van der Waals surface area contributed by atoms with Gasteiger partial charge in [-0.15, -0.1) is 0 Å². The number of aliphatic imine (C=N–C) groups is 1. The van der Waals surface area contributed by atoms with Gasteiger partial charge in [0.25, 0.3) is 0 Å². The van der Waals surface area contributed by atoms with Crippen LogP contribution in [-0.4, -0.2) is 74.2 Å². The van der Waals surface area contributed by atoms with Crippen LogP contribution in [0.15, 0.2) is 4.99 Å². The van der Waals surface area contributed by atoms with Gasteiger partial charge >= 0.3 is 0 Å². The maximum absolute atomic E-state index is 4.41. The third-order valence-corrected chi connectivity index (χ3v) is 5.59. The highest BCUT2D eigenvalue weighted by Gasteiger charge is 2.28. The Kier molecular flexibility index (Phi) is 7.82. The molecule has 0 amide bonds. The molecule has 2 fully saturated rings. The van der Waals surface area contributed by atoms with Gasteiger partial charge < -0.3 is 15.5 Å². The smallest absolute Gasteiger partial charge is 0.191 e. The van der Waals surface area contributed by atoms with Crippen molar-refractivity contribution in [2.75, 3.05) is 52.9 Å². The normalized spacial score (nSPS) is 24.3. The first-order valence-corrected chi connectivity index (χ1v) is 9.97. The second-order valence-corrected chi connectivity index (χ2v) is 8.12. The lowest BCUT2D eigenvalue weighted by Crippen LogP contribution is -2.55. The Morgan fingerprint density at radius 1 is 1.12 bits per heavy atom. The second-order valence-electron chi connectivity index (χ2n) is 8.12. The third-order valence-electron chi connectivity index (χ3n) is 5.59. The lowest BCUT2D eigenvalue weighted by molar-refractivity contribution is 0.0982. The number of hydrogen-bond acceptors (Lipinski definition) is 3. The summed E-state index contributed by atoms with van der Waals surface area (Å²) in [5, 5.41) is 7.09. The fraction of sp³-hybridized carbons (Fsp3) is 0.947. The van der Waals surface area contributed by atoms with Crippen LogP contribution in [0.2, 0.25) is 0 Å². The minimum Gasteiger partial charge on any atom is -0.356 e. The van der Waals surface area contributed by atoms with Crippen LogP contribution in [0, 0.1) is 5.92 Å². The van der Waals surface area contributed by atoms with Crippen LogP contribution < -0.4 is 10.6 Å². The molecule has 0 bridgehead atoms. The molecule has 2 saturated heterocycles. The van der Waals surface area contributed by atoms with E-state index < -0.39 is 0 Å². The third kappa shape index (κ3) is 5.92. The Morgan fingerprint density at radius 3 is 2.54 bits per heavy atom. The van der Waals surface area contributed by atoms with E-state index in [-0.39, 0.29) is 5.54 Å². The standard InChI is InChI=1S/C19H39N5/c1-5-10-23-13-9-17(15-23)14-21-18(20-4)22-16-19(2,3)24-11-7-6-8-12-24/h17H,5-16H2,1-4H3,(H2,20,21,22). The van der Waals surface area contributed by atoms with Crippen LogP contribution in [0.4, 0.5) is 0 Å². The number of hydrogen-bond donors (Lipinski definition) is 2. The maximum atomic E-state index is 4.41. The average Bonchev–Trinajstić information content (AvgIpc) is 3.04. The van der Waals surface area contributed by atoms with Crippen molar-refractivity contribution >= 4 is 5.96 Å². The molecule has 2 aliphatic heterocycles. The number of guanidine groups is 1. The van der Waals surface area contributed by atoms with E-state index >= 15 is 0 Å². The highest BCUT2D eigenvalue weighted by Crippen LogP contribution is 2.20. The topological polar surface area (TPSA) is 42.9 Å². The van der Waals surface area contributed by atoms with E-state index in [0.717, 1.165) is 25.0 Å². The molecule has 2 heterocycles. The summed E-state index contributed by atoms with van der Waals surface area (Å²) in [6, 6.07) is 0. The first kappa shape index (κ1) is 19.5. The fourth-order valence-electron chi connectivity index (χ4n) is 3.97. The van der Waals surface area contributed by atoms with Crippen molar-refractivity contribution in [1.82, 2.24) is 20.4 Å². The first-order valence-electron chi connectivity index (χ1n) is 9.97. The molecule has 0 aliphatic carbocycles. The zero-order valence-corrected chi connectivity index (χ0v) is 16.4. The lowest BCUT2D eigenvalue weighted by atomic mass is 9.98. The molecule has 1 atom stereocenters. The summed E-state index contributed by atoms with van der Waals surface area (Å²) in [7, 11) is 1.88. The van der Waals surface area contributed by atoms with Crippen LogP contribution in [0.3, 0.4) is 0 Å². The quantitative estimate of drug-likeness (QED) is 0.552. The monoisotopic (exact) mass is 337 g/mol. The van der Waals surface area contributed by atoms with E-state index in [9.17, 15) is 0 Å². The SMILES string of the molecule is CCCN1CCC(CNC(=NC)NCC(C)(C)N2CCCCC2)C1. The summed E-state index contributed by atoms with van der Waals surface area (Å²) in [6.45, 7) is 15.1. The Morgan fingerprint density at radius 2 is 1.88 bits per heavy atom. The molecule has 140 valence electrons. The zero-order valence-electron chi connectivity index (χ0n) is 16.4. The molecule has 1 unspecified atom stereocenters. The highest BCUT2D eigenvalue weighted by molar-refractivity contribution is 5.79. The molecule has 2 N–H and O–H groups in total. The summed E-state index contributed by atoms with van der Waals surface area (Å²) >= 11 is 0. The van der Waals surface area contributed by atoms with E-state index in [1.165, 1.54) is 64.8 Å². The minimum atomic E-state index is 0.184. The fourth-order valence-corrected chi connectivity index (χ4v) is 3.97. The van der Waals surface area contributed by atoms with E-state index in [0.29, 0.717) is 0 Å². The van der Waals surface area contributed by atoms with E-state index in [2.05, 4.69) is 46.2 Å². The van der Waals surface area contributed by atoms with Gasteiger partial charge in [-0.2, -0.15) is 0 Å². The van der Waals surface area contributed by atoms with Crippen molar-refractivity contribution < 1.29 is 0 Å². The second kappa shape index (κ2) is 9.62. The number of likely N-dealkylation sites (tertiary alicyclic amines) is 2. The van der Waals surface area contributed by atoms with Crippen LogP contribution in [-0.2, 0) is 0 Å². The summed E-state index contributed by atoms with van der Waals surface area (Å²) in [5.41, 5.74) is 0.184. The molecular formula is C19H39N5. The molecule has 0 aromatic heterocycles. The Hall–Kier alpha value is -0.810. The van der Waals surface area contributed by atoms with E-state index in [1.807, 2.05) is 7.05 Å². The molecule has 0 radical (unpaired) electrons. The molecular weight excluding hydrogens is 298 g/mol. The van der Waals surface area contributed by atoms with Crippen LogP contribution in [0.25, 0.3) is 0 Å². The van der Waals surface area contributed by atoms with Crippen LogP contribution >= 0.6 is 0 Å². The van der Waals surface area contributed by atoms with Crippen molar-refractivity contribution in [1.29, 1.82) is 0 Å². The van der Waals surface area contributed by atoms with E-state index in [1.54, 1.807) is 0 Å². The average molecular weight is 338 g/mol. The predicted octanol–water partition coefficient (Wildman–Crippen LogP) is 2.15. The highest BCUT2D eigenvalue weighted by atomic mass is 15.2. The summed E-state index contributed by atoms with van der Waals surface area (Å²) < 4.78 is 0. The maximum Gasteiger partial charge on any atom is 0.191 e. The van der Waals surface area contributed by atoms with Gasteiger partial charge in [0.2, 0.25) is 0 Å². The van der Waals surface area contributed by atoms with Gasteiger partial charge in [-0.05, 0) is 71.6 Å². The van der Waals surface area contributed by atoms with Crippen molar-refractivity contribution in [2.45, 2.75) is 58.4 Å². The van der Waals surface area contributed by atoms with Gasteiger partial charge in [-0.1, -0.05) is 13.3 Å². The molecule has 5 heteroatoms. The summed E-state index contributed by atoms with van der Waals surface area (Å²) in [5.74, 6) is 1.71.